The van der Waals surface area contributed by atoms with Crippen LogP contribution in [-0.4, -0.2) is 45.4 Å². The first-order valence-electron chi connectivity index (χ1n) is 9.01. The summed E-state index contributed by atoms with van der Waals surface area (Å²) in [5.74, 6) is -0.321. The van der Waals surface area contributed by atoms with Gasteiger partial charge < -0.3 is 0 Å². The zero-order valence-corrected chi connectivity index (χ0v) is 16.3. The second-order valence-electron chi connectivity index (χ2n) is 7.01. The molecule has 7 nitrogen and oxygen atoms in total. The van der Waals surface area contributed by atoms with E-state index in [1.165, 1.54) is 35.8 Å². The highest BCUT2D eigenvalue weighted by atomic mass is 32.2. The van der Waals surface area contributed by atoms with Crippen LogP contribution in [0, 0.1) is 6.92 Å². The molecule has 1 aliphatic heterocycles. The number of alkyl halides is 3. The highest BCUT2D eigenvalue weighted by Crippen LogP contribution is 2.33. The maximum atomic E-state index is 13.4. The fourth-order valence-corrected chi connectivity index (χ4v) is 5.06. The molecular weight excluding hydrogens is 407 g/mol. The zero-order valence-electron chi connectivity index (χ0n) is 15.5. The number of nitrogens with zero attached hydrogens (tertiary/aromatic N) is 5. The molecule has 1 unspecified atom stereocenters. The quantitative estimate of drug-likeness (QED) is 0.645. The van der Waals surface area contributed by atoms with Crippen LogP contribution in [0.3, 0.4) is 0 Å². The van der Waals surface area contributed by atoms with E-state index in [0.29, 0.717) is 25.1 Å². The molecule has 4 rings (SSSR count). The number of halogens is 3. The molecular formula is C18H18F3N5O2S. The van der Waals surface area contributed by atoms with Crippen molar-refractivity contribution in [3.63, 3.8) is 0 Å². The summed E-state index contributed by atoms with van der Waals surface area (Å²) in [6.07, 6.45) is -0.592. The van der Waals surface area contributed by atoms with Crippen molar-refractivity contribution in [2.24, 2.45) is 0 Å². The van der Waals surface area contributed by atoms with Crippen LogP contribution in [0.1, 0.15) is 35.8 Å². The summed E-state index contributed by atoms with van der Waals surface area (Å²) in [6.45, 7) is 1.97. The van der Waals surface area contributed by atoms with Crippen LogP contribution in [0.15, 0.2) is 41.6 Å². The van der Waals surface area contributed by atoms with Gasteiger partial charge in [0.2, 0.25) is 10.0 Å². The van der Waals surface area contributed by atoms with Gasteiger partial charge in [0.15, 0.2) is 5.65 Å². The van der Waals surface area contributed by atoms with Crippen molar-refractivity contribution in [3.8, 4) is 0 Å². The summed E-state index contributed by atoms with van der Waals surface area (Å²) in [5.41, 5.74) is -0.165. The lowest BCUT2D eigenvalue weighted by Crippen LogP contribution is -2.39. The van der Waals surface area contributed by atoms with E-state index in [2.05, 4.69) is 15.1 Å². The average molecular weight is 425 g/mol. The highest BCUT2D eigenvalue weighted by molar-refractivity contribution is 7.89. The van der Waals surface area contributed by atoms with E-state index in [1.54, 1.807) is 6.07 Å². The molecule has 154 valence electrons. The second kappa shape index (κ2) is 7.06. The van der Waals surface area contributed by atoms with Crippen LogP contribution in [0.4, 0.5) is 13.2 Å². The minimum Gasteiger partial charge on any atom is -0.263 e. The monoisotopic (exact) mass is 425 g/mol. The Morgan fingerprint density at radius 1 is 1.24 bits per heavy atom. The Kier molecular flexibility index (Phi) is 4.82. The van der Waals surface area contributed by atoms with E-state index < -0.39 is 21.9 Å². The zero-order chi connectivity index (χ0) is 20.8. The molecule has 1 atom stereocenters. The van der Waals surface area contributed by atoms with Crippen LogP contribution in [0.2, 0.25) is 0 Å². The van der Waals surface area contributed by atoms with Gasteiger partial charge in [-0.3, -0.25) is 4.98 Å². The molecule has 0 saturated carbocycles. The van der Waals surface area contributed by atoms with Crippen LogP contribution in [0.25, 0.3) is 5.65 Å². The maximum absolute atomic E-state index is 13.4. The van der Waals surface area contributed by atoms with Gasteiger partial charge in [-0.25, -0.2) is 17.9 Å². The second-order valence-corrected chi connectivity index (χ2v) is 8.95. The summed E-state index contributed by atoms with van der Waals surface area (Å²) in [7, 11) is -3.73. The molecule has 4 heterocycles. The number of hydrogen-bond donors (Lipinski definition) is 0. The SMILES string of the molecule is Cc1cc(C(F)(F)F)n2nc(C3CCCN(S(=O)(=O)c4cccnc4)C3)cc2n1. The Balaban J connectivity index is 1.68. The molecule has 11 heteroatoms. The fourth-order valence-electron chi connectivity index (χ4n) is 3.57. The maximum Gasteiger partial charge on any atom is 0.433 e. The van der Waals surface area contributed by atoms with Gasteiger partial charge in [0, 0.05) is 43.2 Å². The number of pyridine rings is 1. The number of hydrogen-bond acceptors (Lipinski definition) is 5. The summed E-state index contributed by atoms with van der Waals surface area (Å²) in [5, 5.41) is 4.13. The van der Waals surface area contributed by atoms with E-state index in [1.807, 2.05) is 0 Å². The lowest BCUT2D eigenvalue weighted by molar-refractivity contribution is -0.142. The molecule has 1 saturated heterocycles. The molecule has 1 fully saturated rings. The minimum atomic E-state index is -4.57. The van der Waals surface area contributed by atoms with Gasteiger partial charge >= 0.3 is 6.18 Å². The molecule has 3 aromatic rings. The van der Waals surface area contributed by atoms with E-state index in [0.717, 1.165) is 10.6 Å². The third-order valence-corrected chi connectivity index (χ3v) is 6.79. The van der Waals surface area contributed by atoms with E-state index >= 15 is 0 Å². The van der Waals surface area contributed by atoms with Gasteiger partial charge in [-0.05, 0) is 38.0 Å². The molecule has 0 radical (unpaired) electrons. The smallest absolute Gasteiger partial charge is 0.263 e. The first-order valence-corrected chi connectivity index (χ1v) is 10.4. The van der Waals surface area contributed by atoms with Crippen molar-refractivity contribution in [1.82, 2.24) is 23.9 Å². The largest absolute Gasteiger partial charge is 0.433 e. The molecule has 0 aliphatic carbocycles. The third-order valence-electron chi connectivity index (χ3n) is 4.94. The minimum absolute atomic E-state index is 0.0901. The molecule has 0 spiro atoms. The molecule has 29 heavy (non-hydrogen) atoms. The molecule has 0 N–H and O–H groups in total. The van der Waals surface area contributed by atoms with Crippen molar-refractivity contribution in [3.05, 3.63) is 53.7 Å². The van der Waals surface area contributed by atoms with Crippen molar-refractivity contribution in [2.45, 2.75) is 36.8 Å². The number of piperidine rings is 1. The van der Waals surface area contributed by atoms with Crippen LogP contribution >= 0.6 is 0 Å². The van der Waals surface area contributed by atoms with Crippen LogP contribution in [0.5, 0.6) is 0 Å². The Bertz CT molecular complexity index is 1150. The van der Waals surface area contributed by atoms with Crippen molar-refractivity contribution < 1.29 is 21.6 Å². The molecule has 0 amide bonds. The Labute approximate surface area is 165 Å². The Morgan fingerprint density at radius 2 is 2.03 bits per heavy atom. The first-order chi connectivity index (χ1) is 13.7. The Morgan fingerprint density at radius 3 is 2.72 bits per heavy atom. The van der Waals surface area contributed by atoms with Crippen molar-refractivity contribution in [1.29, 1.82) is 0 Å². The third kappa shape index (κ3) is 3.71. The van der Waals surface area contributed by atoms with Gasteiger partial charge in [-0.1, -0.05) is 0 Å². The number of rotatable bonds is 3. The van der Waals surface area contributed by atoms with Gasteiger partial charge in [-0.2, -0.15) is 22.6 Å². The molecule has 0 aromatic carbocycles. The van der Waals surface area contributed by atoms with Gasteiger partial charge in [-0.15, -0.1) is 0 Å². The fraction of sp³-hybridized carbons (Fsp3) is 0.389. The number of aryl methyl sites for hydroxylation is 1. The van der Waals surface area contributed by atoms with E-state index in [4.69, 9.17) is 0 Å². The summed E-state index contributed by atoms with van der Waals surface area (Å²) in [6, 6.07) is 5.47. The molecule has 3 aromatic heterocycles. The summed E-state index contributed by atoms with van der Waals surface area (Å²) in [4.78, 5) is 8.09. The average Bonchev–Trinajstić information content (AvgIpc) is 3.11. The normalized spacial score (nSPS) is 19.0. The van der Waals surface area contributed by atoms with Gasteiger partial charge in [0.05, 0.1) is 5.69 Å². The van der Waals surface area contributed by atoms with E-state index in [-0.39, 0.29) is 28.7 Å². The molecule has 1 aliphatic rings. The topological polar surface area (TPSA) is 80.5 Å². The van der Waals surface area contributed by atoms with Crippen molar-refractivity contribution in [2.75, 3.05) is 13.1 Å². The van der Waals surface area contributed by atoms with Gasteiger partial charge in [0.1, 0.15) is 10.6 Å². The lowest BCUT2D eigenvalue weighted by atomic mass is 9.96. The van der Waals surface area contributed by atoms with Crippen LogP contribution in [-0.2, 0) is 16.2 Å². The standard InChI is InChI=1S/C18H18F3N5O2S/c1-12-8-16(18(19,20)21)26-17(23-12)9-15(24-26)13-4-3-7-25(11-13)29(27,28)14-5-2-6-22-10-14/h2,5-6,8-10,13H,3-4,7,11H2,1H3. The van der Waals surface area contributed by atoms with E-state index in [9.17, 15) is 21.6 Å². The lowest BCUT2D eigenvalue weighted by Gasteiger charge is -2.31. The predicted octanol–water partition coefficient (Wildman–Crippen LogP) is 3.02. The van der Waals surface area contributed by atoms with Gasteiger partial charge in [0.25, 0.3) is 0 Å². The van der Waals surface area contributed by atoms with Crippen LogP contribution < -0.4 is 0 Å². The highest BCUT2D eigenvalue weighted by Gasteiger charge is 2.36. The first kappa shape index (κ1) is 19.8. The predicted molar refractivity (Wildman–Crippen MR) is 97.7 cm³/mol. The van der Waals surface area contributed by atoms with Crippen molar-refractivity contribution >= 4 is 15.7 Å². The Hall–Kier alpha value is -2.53. The summed E-state index contributed by atoms with van der Waals surface area (Å²) >= 11 is 0. The summed E-state index contributed by atoms with van der Waals surface area (Å²) < 4.78 is 68.0. The number of fused-ring (bicyclic) bond motifs is 1. The number of sulfonamides is 1. The number of aromatic nitrogens is 4. The molecule has 0 bridgehead atoms.